The minimum atomic E-state index is 0.595. The van der Waals surface area contributed by atoms with E-state index in [9.17, 15) is 0 Å². The van der Waals surface area contributed by atoms with Crippen molar-refractivity contribution in [3.63, 3.8) is 0 Å². The lowest BCUT2D eigenvalue weighted by Gasteiger charge is -1.93. The van der Waals surface area contributed by atoms with Crippen molar-refractivity contribution in [2.24, 2.45) is 4.99 Å². The summed E-state index contributed by atoms with van der Waals surface area (Å²) in [6.07, 6.45) is 5.28. The molecule has 0 N–H and O–H groups in total. The third-order valence-corrected chi connectivity index (χ3v) is 1.89. The molecule has 0 spiro atoms. The Hall–Kier alpha value is -2.03. The fourth-order valence-electron chi connectivity index (χ4n) is 1.18. The van der Waals surface area contributed by atoms with Crippen LogP contribution in [0.3, 0.4) is 0 Å². The van der Waals surface area contributed by atoms with Crippen molar-refractivity contribution < 1.29 is 0 Å². The van der Waals surface area contributed by atoms with Gasteiger partial charge < -0.3 is 0 Å². The van der Waals surface area contributed by atoms with Gasteiger partial charge in [-0.1, -0.05) is 12.1 Å². The summed E-state index contributed by atoms with van der Waals surface area (Å²) in [5.41, 5.74) is 1.83. The summed E-state index contributed by atoms with van der Waals surface area (Å²) >= 11 is 0. The monoisotopic (exact) mass is 197 g/mol. The Labute approximate surface area is 88.6 Å². The smallest absolute Gasteiger partial charge is 0.0812 e. The van der Waals surface area contributed by atoms with Gasteiger partial charge in [-0.15, -0.1) is 0 Å². The van der Waals surface area contributed by atoms with Gasteiger partial charge in [0.1, 0.15) is 0 Å². The first-order valence-corrected chi connectivity index (χ1v) is 4.76. The second-order valence-electron chi connectivity index (χ2n) is 3.05. The fraction of sp³-hybridized carbons (Fsp3) is 0.0833. The van der Waals surface area contributed by atoms with Gasteiger partial charge >= 0.3 is 0 Å². The molecule has 0 bridgehead atoms. The summed E-state index contributed by atoms with van der Waals surface area (Å²) in [6, 6.07) is 11.5. The highest BCUT2D eigenvalue weighted by molar-refractivity contribution is 5.76. The number of rotatable bonds is 3. The molecule has 3 nitrogen and oxygen atoms in total. The summed E-state index contributed by atoms with van der Waals surface area (Å²) < 4.78 is 0. The van der Waals surface area contributed by atoms with Crippen molar-refractivity contribution in [2.45, 2.75) is 6.54 Å². The van der Waals surface area contributed by atoms with Crippen LogP contribution in [0.15, 0.2) is 53.8 Å². The molecule has 0 aliphatic heterocycles. The highest BCUT2D eigenvalue weighted by Crippen LogP contribution is 1.96. The van der Waals surface area contributed by atoms with Crippen LogP contribution < -0.4 is 0 Å². The van der Waals surface area contributed by atoms with E-state index in [0.29, 0.717) is 6.54 Å². The van der Waals surface area contributed by atoms with Crippen LogP contribution in [0, 0.1) is 0 Å². The maximum absolute atomic E-state index is 4.26. The zero-order chi connectivity index (χ0) is 10.3. The van der Waals surface area contributed by atoms with Gasteiger partial charge in [0.15, 0.2) is 0 Å². The predicted octanol–water partition coefficient (Wildman–Crippen LogP) is 2.10. The number of pyridine rings is 2. The van der Waals surface area contributed by atoms with Crippen molar-refractivity contribution in [1.82, 2.24) is 9.97 Å². The van der Waals surface area contributed by atoms with Crippen LogP contribution in [-0.4, -0.2) is 16.2 Å². The zero-order valence-corrected chi connectivity index (χ0v) is 8.24. The molecule has 2 aromatic rings. The fourth-order valence-corrected chi connectivity index (χ4v) is 1.18. The molecule has 0 aromatic carbocycles. The average molecular weight is 197 g/mol. The number of nitrogens with zero attached hydrogens (tertiary/aromatic N) is 3. The summed E-state index contributed by atoms with van der Waals surface area (Å²) in [4.78, 5) is 12.6. The molecule has 0 aliphatic carbocycles. The molecule has 74 valence electrons. The number of hydrogen-bond donors (Lipinski definition) is 0. The van der Waals surface area contributed by atoms with Crippen LogP contribution in [0.2, 0.25) is 0 Å². The van der Waals surface area contributed by atoms with Crippen LogP contribution in [0.25, 0.3) is 0 Å². The Balaban J connectivity index is 1.97. The van der Waals surface area contributed by atoms with Gasteiger partial charge in [0.2, 0.25) is 0 Å². The second kappa shape index (κ2) is 5.00. The van der Waals surface area contributed by atoms with Gasteiger partial charge in [-0.25, -0.2) is 0 Å². The molecule has 2 heterocycles. The SMILES string of the molecule is C(=NCc1ccccn1)c1ccccn1. The molecule has 2 aromatic heterocycles. The normalized spacial score (nSPS) is 10.7. The number of aromatic nitrogens is 2. The van der Waals surface area contributed by atoms with E-state index in [1.807, 2.05) is 36.4 Å². The van der Waals surface area contributed by atoms with Crippen LogP contribution in [0.5, 0.6) is 0 Å². The molecule has 0 aliphatic rings. The topological polar surface area (TPSA) is 38.1 Å². The van der Waals surface area contributed by atoms with Crippen LogP contribution >= 0.6 is 0 Å². The highest BCUT2D eigenvalue weighted by Gasteiger charge is 1.89. The molecule has 2 rings (SSSR count). The summed E-state index contributed by atoms with van der Waals surface area (Å²) in [5.74, 6) is 0. The minimum absolute atomic E-state index is 0.595. The Morgan fingerprint density at radius 1 is 1.00 bits per heavy atom. The molecular weight excluding hydrogens is 186 g/mol. The van der Waals surface area contributed by atoms with Crippen molar-refractivity contribution in [2.75, 3.05) is 0 Å². The minimum Gasteiger partial charge on any atom is -0.285 e. The van der Waals surface area contributed by atoms with Crippen molar-refractivity contribution in [1.29, 1.82) is 0 Å². The van der Waals surface area contributed by atoms with Crippen LogP contribution in [-0.2, 0) is 6.54 Å². The number of hydrogen-bond acceptors (Lipinski definition) is 3. The van der Waals surface area contributed by atoms with Crippen molar-refractivity contribution in [3.8, 4) is 0 Å². The third kappa shape index (κ3) is 2.98. The first kappa shape index (κ1) is 9.52. The maximum Gasteiger partial charge on any atom is 0.0812 e. The number of aliphatic imine (C=N–C) groups is 1. The van der Waals surface area contributed by atoms with Gasteiger partial charge in [-0.2, -0.15) is 0 Å². The first-order chi connectivity index (χ1) is 7.45. The molecule has 0 atom stereocenters. The lowest BCUT2D eigenvalue weighted by Crippen LogP contribution is -1.88. The van der Waals surface area contributed by atoms with E-state index in [1.54, 1.807) is 18.6 Å². The molecule has 3 heteroatoms. The molecule has 0 radical (unpaired) electrons. The quantitative estimate of drug-likeness (QED) is 0.707. The van der Waals surface area contributed by atoms with Gasteiger partial charge in [0.25, 0.3) is 0 Å². The standard InChI is InChI=1S/C12H11N3/c1-3-7-14-11(5-1)9-13-10-12-6-2-4-8-15-12/h1-9H,10H2. The molecular formula is C12H11N3. The molecule has 0 amide bonds. The molecule has 0 fully saturated rings. The Bertz CT molecular complexity index is 423. The molecule has 0 saturated carbocycles. The van der Waals surface area contributed by atoms with E-state index >= 15 is 0 Å². The summed E-state index contributed by atoms with van der Waals surface area (Å²) in [5, 5.41) is 0. The Morgan fingerprint density at radius 3 is 2.47 bits per heavy atom. The van der Waals surface area contributed by atoms with Crippen LogP contribution in [0.1, 0.15) is 11.4 Å². The van der Waals surface area contributed by atoms with Crippen LogP contribution in [0.4, 0.5) is 0 Å². The zero-order valence-electron chi connectivity index (χ0n) is 8.24. The largest absolute Gasteiger partial charge is 0.285 e. The summed E-state index contributed by atoms with van der Waals surface area (Å²) in [7, 11) is 0. The predicted molar refractivity (Wildman–Crippen MR) is 59.8 cm³/mol. The lowest BCUT2D eigenvalue weighted by molar-refractivity contribution is 0.994. The Kier molecular flexibility index (Phi) is 3.18. The second-order valence-corrected chi connectivity index (χ2v) is 3.05. The van der Waals surface area contributed by atoms with E-state index in [4.69, 9.17) is 0 Å². The maximum atomic E-state index is 4.26. The third-order valence-electron chi connectivity index (χ3n) is 1.89. The van der Waals surface area contributed by atoms with Gasteiger partial charge in [-0.3, -0.25) is 15.0 Å². The molecule has 0 unspecified atom stereocenters. The first-order valence-electron chi connectivity index (χ1n) is 4.76. The van der Waals surface area contributed by atoms with E-state index in [1.165, 1.54) is 0 Å². The Morgan fingerprint density at radius 2 is 1.80 bits per heavy atom. The molecule has 0 saturated heterocycles. The van der Waals surface area contributed by atoms with Crippen molar-refractivity contribution in [3.05, 3.63) is 60.2 Å². The molecule has 15 heavy (non-hydrogen) atoms. The lowest BCUT2D eigenvalue weighted by atomic mass is 10.3. The average Bonchev–Trinajstić information content (AvgIpc) is 2.32. The highest BCUT2D eigenvalue weighted by atomic mass is 14.8. The van der Waals surface area contributed by atoms with E-state index < -0.39 is 0 Å². The van der Waals surface area contributed by atoms with E-state index in [-0.39, 0.29) is 0 Å². The van der Waals surface area contributed by atoms with Gasteiger partial charge in [-0.05, 0) is 24.3 Å². The summed E-state index contributed by atoms with van der Waals surface area (Å²) in [6.45, 7) is 0.595. The van der Waals surface area contributed by atoms with Gasteiger partial charge in [0.05, 0.1) is 17.9 Å². The van der Waals surface area contributed by atoms with Crippen molar-refractivity contribution >= 4 is 6.21 Å². The van der Waals surface area contributed by atoms with E-state index in [0.717, 1.165) is 11.4 Å². The van der Waals surface area contributed by atoms with E-state index in [2.05, 4.69) is 15.0 Å². The van der Waals surface area contributed by atoms with Gasteiger partial charge in [0, 0.05) is 18.6 Å².